The molecule has 188 valence electrons. The minimum atomic E-state index is -0.274. The fraction of sp³-hybridized carbons (Fsp3) is 0.357. The average molecular weight is 545 g/mol. The fourth-order valence-corrected chi connectivity index (χ4v) is 6.64. The van der Waals surface area contributed by atoms with Crippen LogP contribution in [0.25, 0.3) is 17.3 Å². The molecular formula is C28H28Cl2FN3OS. The number of nitrogens with one attached hydrogen (secondary N) is 1. The van der Waals surface area contributed by atoms with Crippen LogP contribution in [0, 0.1) is 11.7 Å². The lowest BCUT2D eigenvalue weighted by Gasteiger charge is -2.28. The van der Waals surface area contributed by atoms with Crippen LogP contribution in [0.1, 0.15) is 66.3 Å². The van der Waals surface area contributed by atoms with Crippen molar-refractivity contribution < 1.29 is 9.18 Å². The Morgan fingerprint density at radius 2 is 1.89 bits per heavy atom. The molecule has 1 atom stereocenters. The summed E-state index contributed by atoms with van der Waals surface area (Å²) in [7, 11) is 0. The molecule has 2 aromatic carbocycles. The molecule has 0 saturated heterocycles. The molecule has 3 aromatic rings. The summed E-state index contributed by atoms with van der Waals surface area (Å²) >= 11 is 14.5. The van der Waals surface area contributed by atoms with Gasteiger partial charge in [-0.05, 0) is 73.2 Å². The largest absolute Gasteiger partial charge is 0.348 e. The Kier molecular flexibility index (Phi) is 7.75. The second-order valence-electron chi connectivity index (χ2n) is 9.56. The van der Waals surface area contributed by atoms with Crippen LogP contribution in [-0.4, -0.2) is 27.5 Å². The number of nitrogens with zero attached hydrogens (tertiary/aromatic N) is 2. The molecule has 0 radical (unpaired) electrons. The molecule has 1 aliphatic carbocycles. The van der Waals surface area contributed by atoms with Crippen molar-refractivity contribution in [3.8, 4) is 5.69 Å². The SMILES string of the molecule is C[C@@H](NC(=O)c1c2c(nn1-c1ccc(Cl)cc1Cl)/C(=C/c1ccc(F)cc1)CSC2)C1CCCCC1. The summed E-state index contributed by atoms with van der Waals surface area (Å²) in [5.74, 6) is 1.48. The standard InChI is InChI=1S/C28H28Cl2FN3OS/c1-17(19-5-3-2-4-6-19)32-28(35)27-23-16-36-15-20(13-18-7-10-22(31)11-8-18)26(23)33-34(27)25-12-9-21(29)14-24(25)30/h7-14,17,19H,2-6,15-16H2,1H3,(H,32,35)/b20-13+/t17-/m1/s1. The first kappa shape index (κ1) is 25.4. The van der Waals surface area contributed by atoms with Gasteiger partial charge in [0.2, 0.25) is 0 Å². The Bertz CT molecular complexity index is 1300. The van der Waals surface area contributed by atoms with E-state index < -0.39 is 0 Å². The topological polar surface area (TPSA) is 46.9 Å². The quantitative estimate of drug-likeness (QED) is 0.357. The molecular weight excluding hydrogens is 516 g/mol. The van der Waals surface area contributed by atoms with E-state index in [2.05, 4.69) is 12.2 Å². The highest BCUT2D eigenvalue weighted by Gasteiger charge is 2.31. The number of fused-ring (bicyclic) bond motifs is 1. The number of benzene rings is 2. The number of halogens is 3. The van der Waals surface area contributed by atoms with Gasteiger partial charge in [-0.2, -0.15) is 16.9 Å². The number of carbonyl (C=O) groups excluding carboxylic acids is 1. The van der Waals surface area contributed by atoms with Gasteiger partial charge in [-0.15, -0.1) is 0 Å². The van der Waals surface area contributed by atoms with Gasteiger partial charge in [-0.25, -0.2) is 9.07 Å². The molecule has 0 bridgehead atoms. The molecule has 5 rings (SSSR count). The normalized spacial score (nSPS) is 18.2. The average Bonchev–Trinajstić information content (AvgIpc) is 3.26. The van der Waals surface area contributed by atoms with Crippen molar-refractivity contribution in [2.24, 2.45) is 5.92 Å². The molecule has 0 spiro atoms. The van der Waals surface area contributed by atoms with Crippen LogP contribution in [-0.2, 0) is 5.75 Å². The van der Waals surface area contributed by atoms with Gasteiger partial charge < -0.3 is 5.32 Å². The maximum Gasteiger partial charge on any atom is 0.270 e. The highest BCUT2D eigenvalue weighted by molar-refractivity contribution is 7.99. The monoisotopic (exact) mass is 543 g/mol. The molecule has 4 nitrogen and oxygen atoms in total. The lowest BCUT2D eigenvalue weighted by molar-refractivity contribution is 0.0910. The third-order valence-electron chi connectivity index (χ3n) is 7.07. The van der Waals surface area contributed by atoms with Gasteiger partial charge in [-0.3, -0.25) is 4.79 Å². The number of carbonyl (C=O) groups is 1. The number of thioether (sulfide) groups is 1. The van der Waals surface area contributed by atoms with Crippen molar-refractivity contribution in [2.45, 2.75) is 50.8 Å². The Hall–Kier alpha value is -2.28. The van der Waals surface area contributed by atoms with Gasteiger partial charge in [0.1, 0.15) is 11.5 Å². The molecule has 1 aliphatic heterocycles. The summed E-state index contributed by atoms with van der Waals surface area (Å²) in [4.78, 5) is 13.8. The van der Waals surface area contributed by atoms with Gasteiger partial charge in [0.15, 0.2) is 0 Å². The first-order valence-electron chi connectivity index (χ1n) is 12.3. The summed E-state index contributed by atoms with van der Waals surface area (Å²) in [6.45, 7) is 2.10. The Labute approximate surface area is 225 Å². The van der Waals surface area contributed by atoms with Crippen molar-refractivity contribution in [1.82, 2.24) is 15.1 Å². The molecule has 1 saturated carbocycles. The van der Waals surface area contributed by atoms with E-state index in [0.29, 0.717) is 33.1 Å². The third kappa shape index (κ3) is 5.36. The highest BCUT2D eigenvalue weighted by Crippen LogP contribution is 2.38. The smallest absolute Gasteiger partial charge is 0.270 e. The van der Waals surface area contributed by atoms with Crippen LogP contribution in [0.5, 0.6) is 0 Å². The van der Waals surface area contributed by atoms with E-state index >= 15 is 0 Å². The van der Waals surface area contributed by atoms with Crippen LogP contribution < -0.4 is 5.32 Å². The number of aromatic nitrogens is 2. The van der Waals surface area contributed by atoms with Crippen LogP contribution in [0.4, 0.5) is 4.39 Å². The molecule has 2 aliphatic rings. The lowest BCUT2D eigenvalue weighted by atomic mass is 9.84. The van der Waals surface area contributed by atoms with Gasteiger partial charge in [-0.1, -0.05) is 54.6 Å². The summed E-state index contributed by atoms with van der Waals surface area (Å²) in [5, 5.41) is 9.14. The van der Waals surface area contributed by atoms with Gasteiger partial charge in [0.25, 0.3) is 5.91 Å². The highest BCUT2D eigenvalue weighted by atomic mass is 35.5. The summed E-state index contributed by atoms with van der Waals surface area (Å²) in [6.07, 6.45) is 7.99. The molecule has 1 amide bonds. The van der Waals surface area contributed by atoms with Gasteiger partial charge in [0.05, 0.1) is 16.4 Å². The van der Waals surface area contributed by atoms with E-state index in [1.54, 1.807) is 46.8 Å². The lowest BCUT2D eigenvalue weighted by Crippen LogP contribution is -2.40. The number of hydrogen-bond acceptors (Lipinski definition) is 3. The summed E-state index contributed by atoms with van der Waals surface area (Å²) in [6, 6.07) is 11.7. The zero-order chi connectivity index (χ0) is 25.2. The van der Waals surface area contributed by atoms with Crippen molar-refractivity contribution in [3.63, 3.8) is 0 Å². The Morgan fingerprint density at radius 1 is 1.14 bits per heavy atom. The van der Waals surface area contributed by atoms with Crippen LogP contribution >= 0.6 is 35.0 Å². The zero-order valence-electron chi connectivity index (χ0n) is 20.1. The van der Waals surface area contributed by atoms with Crippen molar-refractivity contribution >= 4 is 52.5 Å². The maximum absolute atomic E-state index is 13.8. The molecule has 1 aromatic heterocycles. The fourth-order valence-electron chi connectivity index (χ4n) is 5.13. The number of rotatable bonds is 5. The van der Waals surface area contributed by atoms with Crippen molar-refractivity contribution in [3.05, 3.63) is 80.8 Å². The first-order chi connectivity index (χ1) is 17.4. The first-order valence-corrected chi connectivity index (χ1v) is 14.2. The van der Waals surface area contributed by atoms with Gasteiger partial charge >= 0.3 is 0 Å². The Morgan fingerprint density at radius 3 is 2.61 bits per heavy atom. The van der Waals surface area contributed by atoms with Crippen LogP contribution in [0.3, 0.4) is 0 Å². The van der Waals surface area contributed by atoms with Crippen molar-refractivity contribution in [2.75, 3.05) is 5.75 Å². The Balaban J connectivity index is 1.57. The summed E-state index contributed by atoms with van der Waals surface area (Å²) in [5.41, 5.74) is 4.66. The van der Waals surface area contributed by atoms with Crippen molar-refractivity contribution in [1.29, 1.82) is 0 Å². The van der Waals surface area contributed by atoms with E-state index in [-0.39, 0.29) is 17.8 Å². The van der Waals surface area contributed by atoms with E-state index in [0.717, 1.165) is 41.0 Å². The third-order valence-corrected chi connectivity index (χ3v) is 8.62. The van der Waals surface area contributed by atoms with Crippen LogP contribution in [0.2, 0.25) is 10.0 Å². The minimum Gasteiger partial charge on any atom is -0.348 e. The second-order valence-corrected chi connectivity index (χ2v) is 11.4. The molecule has 0 unspecified atom stereocenters. The van der Waals surface area contributed by atoms with E-state index in [4.69, 9.17) is 28.3 Å². The van der Waals surface area contributed by atoms with Gasteiger partial charge in [0, 0.05) is 28.1 Å². The molecule has 1 fully saturated rings. The predicted octanol–water partition coefficient (Wildman–Crippen LogP) is 7.80. The van der Waals surface area contributed by atoms with E-state index in [9.17, 15) is 9.18 Å². The zero-order valence-corrected chi connectivity index (χ0v) is 22.4. The number of amides is 1. The predicted molar refractivity (Wildman–Crippen MR) is 148 cm³/mol. The second kappa shape index (κ2) is 11.0. The molecule has 8 heteroatoms. The molecule has 1 N–H and O–H groups in total. The number of hydrogen-bond donors (Lipinski definition) is 1. The van der Waals surface area contributed by atoms with Crippen LogP contribution in [0.15, 0.2) is 42.5 Å². The molecule has 2 heterocycles. The molecule has 36 heavy (non-hydrogen) atoms. The maximum atomic E-state index is 13.8. The van der Waals surface area contributed by atoms with E-state index in [1.165, 1.54) is 31.4 Å². The minimum absolute atomic E-state index is 0.0722. The van der Waals surface area contributed by atoms with E-state index in [1.807, 2.05) is 6.08 Å². The summed E-state index contributed by atoms with van der Waals surface area (Å²) < 4.78 is 15.1.